The Labute approximate surface area is 138 Å². The molecule has 7 nitrogen and oxygen atoms in total. The number of thiazole rings is 1. The van der Waals surface area contributed by atoms with E-state index < -0.39 is 5.97 Å². The van der Waals surface area contributed by atoms with Gasteiger partial charge in [0, 0.05) is 22.7 Å². The zero-order valence-electron chi connectivity index (χ0n) is 13.7. The highest BCUT2D eigenvalue weighted by atomic mass is 32.1. The van der Waals surface area contributed by atoms with Crippen molar-refractivity contribution < 1.29 is 14.7 Å². The molecule has 0 atom stereocenters. The molecule has 2 rings (SSSR count). The van der Waals surface area contributed by atoms with Crippen LogP contribution in [0.2, 0.25) is 0 Å². The molecule has 1 aromatic heterocycles. The van der Waals surface area contributed by atoms with Crippen molar-refractivity contribution in [3.63, 3.8) is 0 Å². The van der Waals surface area contributed by atoms with E-state index in [9.17, 15) is 14.4 Å². The van der Waals surface area contributed by atoms with Gasteiger partial charge in [0.2, 0.25) is 5.91 Å². The Kier molecular flexibility index (Phi) is 5.59. The molecule has 128 valence electrons. The van der Waals surface area contributed by atoms with Crippen LogP contribution >= 0.6 is 11.3 Å². The molecule has 8 heteroatoms. The van der Waals surface area contributed by atoms with Crippen LogP contribution in [0.1, 0.15) is 30.3 Å². The van der Waals surface area contributed by atoms with Crippen molar-refractivity contribution in [1.82, 2.24) is 14.8 Å². The predicted octanol–water partition coefficient (Wildman–Crippen LogP) is 0.580. The van der Waals surface area contributed by atoms with Crippen molar-refractivity contribution >= 4 is 23.2 Å². The number of hydrogen-bond acceptors (Lipinski definition) is 5. The van der Waals surface area contributed by atoms with Gasteiger partial charge >= 0.3 is 10.8 Å². The normalized spacial score (nSPS) is 20.3. The molecule has 1 aromatic rings. The van der Waals surface area contributed by atoms with E-state index in [0.29, 0.717) is 6.54 Å². The van der Waals surface area contributed by atoms with E-state index in [2.05, 4.69) is 5.32 Å². The number of carbonyl (C=O) groups is 2. The standard InChI is InChI=1S/C15H23N3O4S/c1-4-17(8-14(20)21)12-5-11(6-12)16-13(19)7-18-9(2)10(3)23-15(18)22/h11-12H,4-8H2,1-3H3,(H,16,19)(H,20,21). The van der Waals surface area contributed by atoms with Gasteiger partial charge in [0.05, 0.1) is 6.54 Å². The summed E-state index contributed by atoms with van der Waals surface area (Å²) in [6.45, 7) is 6.40. The topological polar surface area (TPSA) is 91.6 Å². The molecule has 1 saturated carbocycles. The van der Waals surface area contributed by atoms with Gasteiger partial charge in [0.1, 0.15) is 6.54 Å². The van der Waals surface area contributed by atoms with E-state index in [-0.39, 0.29) is 36.0 Å². The Morgan fingerprint density at radius 2 is 2.04 bits per heavy atom. The van der Waals surface area contributed by atoms with Gasteiger partial charge in [-0.2, -0.15) is 0 Å². The van der Waals surface area contributed by atoms with Crippen molar-refractivity contribution in [2.24, 2.45) is 0 Å². The lowest BCUT2D eigenvalue weighted by Gasteiger charge is -2.42. The average molecular weight is 341 g/mol. The van der Waals surface area contributed by atoms with E-state index >= 15 is 0 Å². The molecule has 0 radical (unpaired) electrons. The van der Waals surface area contributed by atoms with Gasteiger partial charge in [-0.25, -0.2) is 0 Å². The fourth-order valence-electron chi connectivity index (χ4n) is 2.86. The number of nitrogens with one attached hydrogen (secondary N) is 1. The van der Waals surface area contributed by atoms with Gasteiger partial charge in [-0.3, -0.25) is 23.9 Å². The van der Waals surface area contributed by atoms with E-state index in [1.54, 1.807) is 0 Å². The van der Waals surface area contributed by atoms with E-state index in [4.69, 9.17) is 5.11 Å². The average Bonchev–Trinajstić information content (AvgIpc) is 2.66. The number of carboxylic acids is 1. The molecule has 0 aromatic carbocycles. The molecule has 1 heterocycles. The molecular weight excluding hydrogens is 318 g/mol. The molecule has 1 amide bonds. The third kappa shape index (κ3) is 4.20. The highest BCUT2D eigenvalue weighted by Crippen LogP contribution is 2.25. The number of aromatic nitrogens is 1. The number of likely N-dealkylation sites (N-methyl/N-ethyl adjacent to an activating group) is 1. The fraction of sp³-hybridized carbons (Fsp3) is 0.667. The third-order valence-corrected chi connectivity index (χ3v) is 5.41. The number of rotatable bonds is 7. The van der Waals surface area contributed by atoms with Crippen LogP contribution in [0.4, 0.5) is 0 Å². The van der Waals surface area contributed by atoms with E-state index in [0.717, 1.165) is 34.7 Å². The maximum Gasteiger partial charge on any atom is 0.317 e. The second-order valence-electron chi connectivity index (χ2n) is 5.94. The molecule has 0 unspecified atom stereocenters. The zero-order chi connectivity index (χ0) is 17.1. The maximum atomic E-state index is 12.1. The van der Waals surface area contributed by atoms with Crippen molar-refractivity contribution in [3.05, 3.63) is 20.2 Å². The van der Waals surface area contributed by atoms with Crippen LogP contribution in [0.25, 0.3) is 0 Å². The van der Waals surface area contributed by atoms with Gasteiger partial charge in [-0.15, -0.1) is 0 Å². The Hall–Kier alpha value is -1.67. The molecule has 1 aliphatic rings. The lowest BCUT2D eigenvalue weighted by Crippen LogP contribution is -2.55. The minimum absolute atomic E-state index is 0.0323. The Balaban J connectivity index is 1.82. The largest absolute Gasteiger partial charge is 0.480 e. The van der Waals surface area contributed by atoms with Gasteiger partial charge in [0.25, 0.3) is 0 Å². The number of carbonyl (C=O) groups excluding carboxylic acids is 1. The fourth-order valence-corrected chi connectivity index (χ4v) is 3.70. The summed E-state index contributed by atoms with van der Waals surface area (Å²) in [6, 6.07) is 0.264. The molecule has 0 saturated heterocycles. The van der Waals surface area contributed by atoms with Gasteiger partial charge in [-0.05, 0) is 33.2 Å². The number of carboxylic acid groups (broad SMARTS) is 1. The highest BCUT2D eigenvalue weighted by Gasteiger charge is 2.34. The highest BCUT2D eigenvalue weighted by molar-refractivity contribution is 7.09. The van der Waals surface area contributed by atoms with E-state index in [1.165, 1.54) is 4.57 Å². The number of hydrogen-bond donors (Lipinski definition) is 2. The molecule has 1 fully saturated rings. The number of aliphatic carboxylic acids is 1. The Bertz CT molecular complexity index is 646. The number of nitrogens with zero attached hydrogens (tertiary/aromatic N) is 2. The summed E-state index contributed by atoms with van der Waals surface area (Å²) >= 11 is 1.15. The summed E-state index contributed by atoms with van der Waals surface area (Å²) in [4.78, 5) is 37.4. The SMILES string of the molecule is CCN(CC(=O)O)C1CC(NC(=O)Cn2c(C)c(C)sc2=O)C1. The van der Waals surface area contributed by atoms with Crippen LogP contribution in [0.15, 0.2) is 4.79 Å². The molecule has 0 spiro atoms. The van der Waals surface area contributed by atoms with Crippen molar-refractivity contribution in [1.29, 1.82) is 0 Å². The summed E-state index contributed by atoms with van der Waals surface area (Å²) in [5, 5.41) is 11.8. The molecular formula is C15H23N3O4S. The van der Waals surface area contributed by atoms with Crippen LogP contribution in [-0.4, -0.2) is 51.6 Å². The number of aryl methyl sites for hydroxylation is 1. The first kappa shape index (κ1) is 17.7. The van der Waals surface area contributed by atoms with Crippen molar-refractivity contribution in [2.45, 2.75) is 52.2 Å². The van der Waals surface area contributed by atoms with E-state index in [1.807, 2.05) is 25.7 Å². The molecule has 2 N–H and O–H groups in total. The third-order valence-electron chi connectivity index (χ3n) is 4.42. The quantitative estimate of drug-likeness (QED) is 0.757. The van der Waals surface area contributed by atoms with Crippen LogP contribution in [-0.2, 0) is 16.1 Å². The maximum absolute atomic E-state index is 12.1. The van der Waals surface area contributed by atoms with Crippen molar-refractivity contribution in [2.75, 3.05) is 13.1 Å². The first-order valence-corrected chi connectivity index (χ1v) is 8.55. The minimum atomic E-state index is -0.831. The second kappa shape index (κ2) is 7.27. The first-order chi connectivity index (χ1) is 10.8. The van der Waals surface area contributed by atoms with Crippen LogP contribution in [0.3, 0.4) is 0 Å². The van der Waals surface area contributed by atoms with Crippen LogP contribution in [0.5, 0.6) is 0 Å². The summed E-state index contributed by atoms with van der Waals surface area (Å²) in [6.07, 6.45) is 1.51. The monoisotopic (exact) mass is 341 g/mol. The molecule has 23 heavy (non-hydrogen) atoms. The van der Waals surface area contributed by atoms with Gasteiger partial charge in [0.15, 0.2) is 0 Å². The first-order valence-electron chi connectivity index (χ1n) is 7.73. The van der Waals surface area contributed by atoms with Crippen molar-refractivity contribution in [3.8, 4) is 0 Å². The lowest BCUT2D eigenvalue weighted by atomic mass is 9.85. The summed E-state index contributed by atoms with van der Waals surface area (Å²) in [5.41, 5.74) is 0.834. The van der Waals surface area contributed by atoms with Gasteiger partial charge < -0.3 is 10.4 Å². The smallest absolute Gasteiger partial charge is 0.317 e. The van der Waals surface area contributed by atoms with Crippen LogP contribution < -0.4 is 10.2 Å². The summed E-state index contributed by atoms with van der Waals surface area (Å²) in [5.74, 6) is -1.00. The molecule has 0 bridgehead atoms. The zero-order valence-corrected chi connectivity index (χ0v) is 14.5. The molecule has 1 aliphatic carbocycles. The Morgan fingerprint density at radius 3 is 2.52 bits per heavy atom. The minimum Gasteiger partial charge on any atom is -0.480 e. The summed E-state index contributed by atoms with van der Waals surface area (Å²) < 4.78 is 1.49. The Morgan fingerprint density at radius 1 is 1.39 bits per heavy atom. The van der Waals surface area contributed by atoms with Gasteiger partial charge in [-0.1, -0.05) is 18.3 Å². The molecule has 0 aliphatic heterocycles. The van der Waals surface area contributed by atoms with Crippen LogP contribution in [0, 0.1) is 13.8 Å². The lowest BCUT2D eigenvalue weighted by molar-refractivity contribution is -0.139. The summed E-state index contributed by atoms with van der Waals surface area (Å²) in [7, 11) is 0. The number of amides is 1. The second-order valence-corrected chi connectivity index (χ2v) is 7.11. The predicted molar refractivity (Wildman–Crippen MR) is 87.9 cm³/mol.